The molecular weight excluding hydrogens is 176 g/mol. The van der Waals surface area contributed by atoms with Gasteiger partial charge in [-0.1, -0.05) is 0 Å². The molecular formula is C11H16N2O. The molecule has 1 atom stereocenters. The maximum absolute atomic E-state index is 5.78. The number of hydrogen-bond donors (Lipinski definition) is 1. The van der Waals surface area contributed by atoms with E-state index in [1.807, 2.05) is 18.2 Å². The van der Waals surface area contributed by atoms with E-state index in [4.69, 9.17) is 10.5 Å². The summed E-state index contributed by atoms with van der Waals surface area (Å²) in [7, 11) is 2.10. The van der Waals surface area contributed by atoms with E-state index in [0.29, 0.717) is 0 Å². The van der Waals surface area contributed by atoms with Gasteiger partial charge < -0.3 is 10.5 Å². The molecule has 76 valence electrons. The molecule has 0 aromatic heterocycles. The minimum Gasteiger partial charge on any atom is -0.489 e. The van der Waals surface area contributed by atoms with E-state index in [1.54, 1.807) is 0 Å². The summed E-state index contributed by atoms with van der Waals surface area (Å²) in [6.45, 7) is 3.95. The molecule has 1 aromatic carbocycles. The van der Waals surface area contributed by atoms with Gasteiger partial charge in [-0.3, -0.25) is 4.90 Å². The third-order valence-corrected chi connectivity index (χ3v) is 2.42. The van der Waals surface area contributed by atoms with Crippen molar-refractivity contribution in [2.45, 2.75) is 19.6 Å². The smallest absolute Gasteiger partial charge is 0.124 e. The monoisotopic (exact) mass is 192 g/mol. The zero-order valence-corrected chi connectivity index (χ0v) is 8.66. The molecule has 1 aliphatic heterocycles. The van der Waals surface area contributed by atoms with Crippen LogP contribution in [0.2, 0.25) is 0 Å². The van der Waals surface area contributed by atoms with Gasteiger partial charge in [-0.2, -0.15) is 0 Å². The SMILES string of the molecule is CC1CN(C)Cc2cc(N)ccc2O1. The fourth-order valence-electron chi connectivity index (χ4n) is 1.89. The summed E-state index contributed by atoms with van der Waals surface area (Å²) in [5.41, 5.74) is 7.72. The Balaban J connectivity index is 2.36. The largest absolute Gasteiger partial charge is 0.489 e. The second-order valence-corrected chi connectivity index (χ2v) is 3.99. The molecule has 0 saturated heterocycles. The average molecular weight is 192 g/mol. The van der Waals surface area contributed by atoms with Gasteiger partial charge in [0, 0.05) is 24.3 Å². The summed E-state index contributed by atoms with van der Waals surface area (Å²) >= 11 is 0. The second-order valence-electron chi connectivity index (χ2n) is 3.99. The molecule has 2 N–H and O–H groups in total. The Morgan fingerprint density at radius 3 is 3.07 bits per heavy atom. The lowest BCUT2D eigenvalue weighted by molar-refractivity contribution is 0.179. The second kappa shape index (κ2) is 3.50. The summed E-state index contributed by atoms with van der Waals surface area (Å²) in [6.07, 6.45) is 0.241. The molecule has 3 nitrogen and oxygen atoms in total. The number of benzene rings is 1. The lowest BCUT2D eigenvalue weighted by Gasteiger charge is -2.15. The molecule has 14 heavy (non-hydrogen) atoms. The number of nitrogens with zero attached hydrogens (tertiary/aromatic N) is 1. The van der Waals surface area contributed by atoms with Gasteiger partial charge in [0.1, 0.15) is 11.9 Å². The lowest BCUT2D eigenvalue weighted by Crippen LogP contribution is -2.27. The van der Waals surface area contributed by atoms with Crippen LogP contribution in [0.1, 0.15) is 12.5 Å². The summed E-state index contributed by atoms with van der Waals surface area (Å²) < 4.78 is 5.78. The molecule has 1 unspecified atom stereocenters. The molecule has 1 aliphatic rings. The van der Waals surface area contributed by atoms with Crippen LogP contribution in [0, 0.1) is 0 Å². The Morgan fingerprint density at radius 2 is 2.29 bits per heavy atom. The van der Waals surface area contributed by atoms with Crippen LogP contribution in [0.5, 0.6) is 5.75 Å². The number of nitrogen functional groups attached to an aromatic ring is 1. The Bertz CT molecular complexity index is 338. The van der Waals surface area contributed by atoms with Crippen molar-refractivity contribution in [1.82, 2.24) is 4.90 Å². The van der Waals surface area contributed by atoms with Crippen LogP contribution in [-0.2, 0) is 6.54 Å². The van der Waals surface area contributed by atoms with Crippen molar-refractivity contribution < 1.29 is 4.74 Å². The van der Waals surface area contributed by atoms with Gasteiger partial charge in [0.05, 0.1) is 0 Å². The molecule has 0 radical (unpaired) electrons. The molecule has 0 amide bonds. The van der Waals surface area contributed by atoms with Gasteiger partial charge in [0.15, 0.2) is 0 Å². The van der Waals surface area contributed by atoms with Crippen LogP contribution in [-0.4, -0.2) is 24.6 Å². The predicted octanol–water partition coefficient (Wildman–Crippen LogP) is 1.48. The zero-order chi connectivity index (χ0) is 10.1. The number of fused-ring (bicyclic) bond motifs is 1. The first-order chi connectivity index (χ1) is 6.65. The van der Waals surface area contributed by atoms with Crippen molar-refractivity contribution >= 4 is 5.69 Å². The highest BCUT2D eigenvalue weighted by Gasteiger charge is 2.17. The Labute approximate surface area is 84.5 Å². The minimum atomic E-state index is 0.241. The van der Waals surface area contributed by atoms with Crippen LogP contribution < -0.4 is 10.5 Å². The van der Waals surface area contributed by atoms with E-state index in [2.05, 4.69) is 18.9 Å². The zero-order valence-electron chi connectivity index (χ0n) is 8.66. The molecule has 0 aliphatic carbocycles. The maximum Gasteiger partial charge on any atom is 0.124 e. The molecule has 2 rings (SSSR count). The molecule has 1 heterocycles. The first kappa shape index (κ1) is 9.34. The average Bonchev–Trinajstić information content (AvgIpc) is 2.21. The van der Waals surface area contributed by atoms with Crippen LogP contribution >= 0.6 is 0 Å². The van der Waals surface area contributed by atoms with E-state index in [-0.39, 0.29) is 6.10 Å². The summed E-state index contributed by atoms with van der Waals surface area (Å²) in [4.78, 5) is 2.25. The molecule has 0 bridgehead atoms. The first-order valence-corrected chi connectivity index (χ1v) is 4.89. The van der Waals surface area contributed by atoms with Crippen molar-refractivity contribution in [3.05, 3.63) is 23.8 Å². The van der Waals surface area contributed by atoms with Gasteiger partial charge in [-0.25, -0.2) is 0 Å². The standard InChI is InChI=1S/C11H16N2O/c1-8-6-13(2)7-9-5-10(12)3-4-11(9)14-8/h3-5,8H,6-7,12H2,1-2H3. The van der Waals surface area contributed by atoms with Gasteiger partial charge in [0.2, 0.25) is 0 Å². The third-order valence-electron chi connectivity index (χ3n) is 2.42. The first-order valence-electron chi connectivity index (χ1n) is 4.89. The van der Waals surface area contributed by atoms with Crippen molar-refractivity contribution in [3.8, 4) is 5.75 Å². The molecule has 0 saturated carbocycles. The number of rotatable bonds is 0. The molecule has 1 aromatic rings. The summed E-state index contributed by atoms with van der Waals surface area (Å²) in [5, 5.41) is 0. The number of hydrogen-bond acceptors (Lipinski definition) is 3. The maximum atomic E-state index is 5.78. The van der Waals surface area contributed by atoms with Gasteiger partial charge in [-0.05, 0) is 32.2 Å². The van der Waals surface area contributed by atoms with Gasteiger partial charge >= 0.3 is 0 Å². The molecule has 0 fully saturated rings. The molecule has 3 heteroatoms. The quantitative estimate of drug-likeness (QED) is 0.633. The van der Waals surface area contributed by atoms with Gasteiger partial charge in [0.25, 0.3) is 0 Å². The summed E-state index contributed by atoms with van der Waals surface area (Å²) in [6, 6.07) is 5.83. The summed E-state index contributed by atoms with van der Waals surface area (Å²) in [5.74, 6) is 0.969. The van der Waals surface area contributed by atoms with Crippen molar-refractivity contribution in [3.63, 3.8) is 0 Å². The topological polar surface area (TPSA) is 38.5 Å². The Morgan fingerprint density at radius 1 is 1.50 bits per heavy atom. The van der Waals surface area contributed by atoms with Gasteiger partial charge in [-0.15, -0.1) is 0 Å². The van der Waals surface area contributed by atoms with E-state index in [1.165, 1.54) is 5.56 Å². The highest BCUT2D eigenvalue weighted by atomic mass is 16.5. The number of likely N-dealkylation sites (N-methyl/N-ethyl adjacent to an activating group) is 1. The highest BCUT2D eigenvalue weighted by Crippen LogP contribution is 2.26. The predicted molar refractivity (Wildman–Crippen MR) is 57.3 cm³/mol. The fourth-order valence-corrected chi connectivity index (χ4v) is 1.89. The van der Waals surface area contributed by atoms with E-state index >= 15 is 0 Å². The third kappa shape index (κ3) is 1.82. The van der Waals surface area contributed by atoms with E-state index in [9.17, 15) is 0 Å². The Hall–Kier alpha value is -1.22. The van der Waals surface area contributed by atoms with Crippen LogP contribution in [0.25, 0.3) is 0 Å². The van der Waals surface area contributed by atoms with Crippen molar-refractivity contribution in [2.24, 2.45) is 0 Å². The fraction of sp³-hybridized carbons (Fsp3) is 0.455. The van der Waals surface area contributed by atoms with Crippen LogP contribution in [0.15, 0.2) is 18.2 Å². The van der Waals surface area contributed by atoms with Crippen molar-refractivity contribution in [1.29, 1.82) is 0 Å². The van der Waals surface area contributed by atoms with Crippen LogP contribution in [0.3, 0.4) is 0 Å². The highest BCUT2D eigenvalue weighted by molar-refractivity contribution is 5.48. The van der Waals surface area contributed by atoms with E-state index < -0.39 is 0 Å². The van der Waals surface area contributed by atoms with Crippen molar-refractivity contribution in [2.75, 3.05) is 19.3 Å². The van der Waals surface area contributed by atoms with Crippen LogP contribution in [0.4, 0.5) is 5.69 Å². The molecule has 0 spiro atoms. The number of anilines is 1. The lowest BCUT2D eigenvalue weighted by atomic mass is 10.2. The number of nitrogens with two attached hydrogens (primary N) is 1. The van der Waals surface area contributed by atoms with E-state index in [0.717, 1.165) is 24.5 Å². The normalized spacial score (nSPS) is 22.3. The Kier molecular flexibility index (Phi) is 2.33. The number of ether oxygens (including phenoxy) is 1. The minimum absolute atomic E-state index is 0.241.